The number of benzene rings is 9. The van der Waals surface area contributed by atoms with Crippen LogP contribution in [0, 0.1) is 22.7 Å². The molecule has 308 valence electrons. The fourth-order valence-electron chi connectivity index (χ4n) is 11.6. The minimum Gasteiger partial charge on any atom is -0.331 e. The van der Waals surface area contributed by atoms with Crippen molar-refractivity contribution in [2.75, 3.05) is 0 Å². The summed E-state index contributed by atoms with van der Waals surface area (Å²) >= 11 is 3.62. The smallest absolute Gasteiger partial charge is 0.102 e. The Bertz CT molecular complexity index is 4260. The standard InChI is InChI=1S/C59H35N5S2/c1-59(2,64-44-23-11-3-15-34(44)35-16-4-12-24-45(35)64)58-40(32-60)48(62-42-21-9-5-17-36(42)54-46(62)27-29-52-56(54)38-19-7-13-25-50(38)65-52)31-49(41(58)33-61)63-43-22-10-6-18-37(43)55-47(63)28-30-53-57(55)39-20-8-14-26-51(39)66-53/h3-31H,1-2H3. The minimum atomic E-state index is -0.922. The highest BCUT2D eigenvalue weighted by molar-refractivity contribution is 7.26. The number of thiophene rings is 2. The van der Waals surface area contributed by atoms with Crippen LogP contribution >= 0.6 is 22.7 Å². The lowest BCUT2D eigenvalue weighted by Gasteiger charge is -2.33. The lowest BCUT2D eigenvalue weighted by molar-refractivity contribution is 0.462. The molecule has 5 nitrogen and oxygen atoms in total. The van der Waals surface area contributed by atoms with Crippen molar-refractivity contribution in [1.82, 2.24) is 13.7 Å². The Hall–Kier alpha value is -8.20. The van der Waals surface area contributed by atoms with Crippen LogP contribution in [0.4, 0.5) is 0 Å². The molecule has 0 saturated carbocycles. The van der Waals surface area contributed by atoms with Gasteiger partial charge >= 0.3 is 0 Å². The molecule has 0 spiro atoms. The predicted octanol–water partition coefficient (Wildman–Crippen LogP) is 16.3. The van der Waals surface area contributed by atoms with Crippen molar-refractivity contribution in [1.29, 1.82) is 10.5 Å². The zero-order valence-electron chi connectivity index (χ0n) is 35.8. The Balaban J connectivity index is 1.20. The Morgan fingerprint density at radius 3 is 1.20 bits per heavy atom. The van der Waals surface area contributed by atoms with Crippen molar-refractivity contribution in [3.05, 3.63) is 193 Å². The van der Waals surface area contributed by atoms with Gasteiger partial charge in [-0.2, -0.15) is 10.5 Å². The summed E-state index contributed by atoms with van der Waals surface area (Å²) in [6, 6.07) is 68.1. The van der Waals surface area contributed by atoms with Crippen LogP contribution in [0.3, 0.4) is 0 Å². The van der Waals surface area contributed by atoms with Gasteiger partial charge in [0, 0.05) is 89.3 Å². The molecule has 9 aromatic carbocycles. The van der Waals surface area contributed by atoms with Crippen molar-refractivity contribution in [2.45, 2.75) is 19.4 Å². The molecule has 0 unspecified atom stereocenters. The molecule has 0 bridgehead atoms. The number of fused-ring (bicyclic) bond motifs is 17. The highest BCUT2D eigenvalue weighted by Crippen LogP contribution is 2.49. The van der Waals surface area contributed by atoms with E-state index in [0.29, 0.717) is 16.7 Å². The zero-order valence-corrected chi connectivity index (χ0v) is 37.4. The third-order valence-corrected chi connectivity index (χ3v) is 16.4. The van der Waals surface area contributed by atoms with Gasteiger partial charge in [-0.15, -0.1) is 22.7 Å². The molecule has 7 heteroatoms. The molecule has 14 rings (SSSR count). The molecule has 0 aliphatic carbocycles. The van der Waals surface area contributed by atoms with E-state index in [9.17, 15) is 10.5 Å². The van der Waals surface area contributed by atoms with Crippen LogP contribution in [-0.2, 0) is 5.54 Å². The van der Waals surface area contributed by atoms with Crippen LogP contribution in [0.2, 0.25) is 0 Å². The van der Waals surface area contributed by atoms with Gasteiger partial charge in [-0.1, -0.05) is 109 Å². The summed E-state index contributed by atoms with van der Waals surface area (Å²) in [5, 5.41) is 35.5. The molecule has 0 aliphatic heterocycles. The Labute approximate surface area is 386 Å². The maximum absolute atomic E-state index is 11.9. The first kappa shape index (κ1) is 37.2. The van der Waals surface area contributed by atoms with Crippen LogP contribution in [-0.4, -0.2) is 13.7 Å². The van der Waals surface area contributed by atoms with Crippen molar-refractivity contribution >= 4 is 128 Å². The molecule has 0 saturated heterocycles. The first-order valence-corrected chi connectivity index (χ1v) is 23.8. The lowest BCUT2D eigenvalue weighted by Crippen LogP contribution is -2.31. The number of rotatable bonds is 4. The SMILES string of the molecule is CC(C)(c1c(C#N)c(-n2c3ccccc3c3c4c(ccc32)sc2ccccc24)cc(-n2c3ccccc3c3c4c(ccc32)sc2ccccc24)c1C#N)n1c2ccccc2c2ccccc21. The van der Waals surface area contributed by atoms with Gasteiger partial charge in [-0.25, -0.2) is 0 Å². The van der Waals surface area contributed by atoms with Crippen LogP contribution in [0.15, 0.2) is 176 Å². The van der Waals surface area contributed by atoms with Crippen LogP contribution in [0.1, 0.15) is 30.5 Å². The van der Waals surface area contributed by atoms with Gasteiger partial charge in [0.2, 0.25) is 0 Å². The van der Waals surface area contributed by atoms with E-state index in [1.54, 1.807) is 0 Å². The molecule has 0 amide bonds. The lowest BCUT2D eigenvalue weighted by atomic mass is 9.83. The molecular weight excluding hydrogens is 843 g/mol. The van der Waals surface area contributed by atoms with Gasteiger partial charge in [0.15, 0.2) is 0 Å². The topological polar surface area (TPSA) is 62.4 Å². The molecule has 0 fully saturated rings. The second kappa shape index (κ2) is 13.4. The maximum Gasteiger partial charge on any atom is 0.102 e. The monoisotopic (exact) mass is 877 g/mol. The average Bonchev–Trinajstić information content (AvgIpc) is 4.16. The molecule has 5 aromatic heterocycles. The fourth-order valence-corrected chi connectivity index (χ4v) is 13.8. The quantitative estimate of drug-likeness (QED) is 0.177. The Morgan fingerprint density at radius 2 is 0.758 bits per heavy atom. The summed E-state index contributed by atoms with van der Waals surface area (Å²) < 4.78 is 11.9. The van der Waals surface area contributed by atoms with Crippen molar-refractivity contribution in [3.8, 4) is 23.5 Å². The fraction of sp³-hybridized carbons (Fsp3) is 0.0508. The van der Waals surface area contributed by atoms with Gasteiger partial charge in [-0.05, 0) is 80.6 Å². The van der Waals surface area contributed by atoms with Crippen molar-refractivity contribution in [2.24, 2.45) is 0 Å². The summed E-state index contributed by atoms with van der Waals surface area (Å²) in [4.78, 5) is 0. The van der Waals surface area contributed by atoms with Crippen LogP contribution in [0.5, 0.6) is 0 Å². The number of nitrogens with zero attached hydrogens (tertiary/aromatic N) is 5. The second-order valence-corrected chi connectivity index (χ2v) is 19.9. The molecule has 0 radical (unpaired) electrons. The Kier molecular flexibility index (Phi) is 7.56. The van der Waals surface area contributed by atoms with E-state index in [2.05, 4.69) is 216 Å². The summed E-state index contributed by atoms with van der Waals surface area (Å²) in [5.74, 6) is 0. The largest absolute Gasteiger partial charge is 0.331 e. The second-order valence-electron chi connectivity index (χ2n) is 17.8. The summed E-state index contributed by atoms with van der Waals surface area (Å²) in [5.41, 5.74) is 8.23. The third kappa shape index (κ3) is 4.75. The van der Waals surface area contributed by atoms with Gasteiger partial charge in [-0.3, -0.25) is 0 Å². The zero-order chi connectivity index (χ0) is 44.0. The van der Waals surface area contributed by atoms with Gasteiger partial charge in [0.25, 0.3) is 0 Å². The molecular formula is C59H35N5S2. The van der Waals surface area contributed by atoms with Gasteiger partial charge in [0.05, 0.1) is 50.1 Å². The van der Waals surface area contributed by atoms with E-state index >= 15 is 0 Å². The molecule has 5 heterocycles. The first-order valence-electron chi connectivity index (χ1n) is 22.1. The highest BCUT2D eigenvalue weighted by Gasteiger charge is 2.37. The summed E-state index contributed by atoms with van der Waals surface area (Å²) in [6.07, 6.45) is 0. The molecule has 0 atom stereocenters. The van der Waals surface area contributed by atoms with E-state index in [4.69, 9.17) is 0 Å². The summed E-state index contributed by atoms with van der Waals surface area (Å²) in [6.45, 7) is 4.35. The van der Waals surface area contributed by atoms with E-state index in [-0.39, 0.29) is 0 Å². The van der Waals surface area contributed by atoms with Crippen LogP contribution in [0.25, 0.3) is 117 Å². The number of hydrogen-bond donors (Lipinski definition) is 0. The van der Waals surface area contributed by atoms with Gasteiger partial charge in [0.1, 0.15) is 12.1 Å². The van der Waals surface area contributed by atoms with Crippen LogP contribution < -0.4 is 0 Å². The number of para-hydroxylation sites is 4. The molecule has 0 aliphatic rings. The molecule has 14 aromatic rings. The maximum atomic E-state index is 11.9. The highest BCUT2D eigenvalue weighted by atomic mass is 32.1. The molecule has 66 heavy (non-hydrogen) atoms. The average molecular weight is 878 g/mol. The van der Waals surface area contributed by atoms with Gasteiger partial charge < -0.3 is 13.7 Å². The predicted molar refractivity (Wildman–Crippen MR) is 278 cm³/mol. The van der Waals surface area contributed by atoms with Crippen molar-refractivity contribution < 1.29 is 0 Å². The number of hydrogen-bond acceptors (Lipinski definition) is 4. The van der Waals surface area contributed by atoms with E-state index in [0.717, 1.165) is 76.8 Å². The Morgan fingerprint density at radius 1 is 0.379 bits per heavy atom. The van der Waals surface area contributed by atoms with E-state index < -0.39 is 5.54 Å². The van der Waals surface area contributed by atoms with E-state index in [1.807, 2.05) is 22.7 Å². The summed E-state index contributed by atoms with van der Waals surface area (Å²) in [7, 11) is 0. The minimum absolute atomic E-state index is 0.465. The van der Waals surface area contributed by atoms with Crippen molar-refractivity contribution in [3.63, 3.8) is 0 Å². The number of aromatic nitrogens is 3. The molecule has 0 N–H and O–H groups in total. The number of nitriles is 2. The first-order chi connectivity index (χ1) is 32.5. The normalized spacial score (nSPS) is 12.4. The van der Waals surface area contributed by atoms with E-state index in [1.165, 1.54) is 40.3 Å². The third-order valence-electron chi connectivity index (χ3n) is 14.1.